The smallest absolute Gasteiger partial charge is 0.351 e. The number of rotatable bonds is 4. The molecule has 0 saturated carbocycles. The van der Waals surface area contributed by atoms with Crippen LogP contribution in [0.5, 0.6) is 0 Å². The number of carbonyl (C=O) groups is 1. The number of nitrogens with one attached hydrogen (secondary N) is 1. The van der Waals surface area contributed by atoms with Crippen molar-refractivity contribution in [2.45, 2.75) is 25.9 Å². The van der Waals surface area contributed by atoms with E-state index in [0.29, 0.717) is 6.54 Å². The Kier molecular flexibility index (Phi) is 4.61. The van der Waals surface area contributed by atoms with E-state index >= 15 is 0 Å². The van der Waals surface area contributed by atoms with Crippen LogP contribution in [-0.2, 0) is 13.2 Å². The predicted molar refractivity (Wildman–Crippen MR) is 60.5 cm³/mol. The molecule has 0 bridgehead atoms. The third kappa shape index (κ3) is 3.16. The number of unbranched alkanes of at least 4 members (excludes halogenated alkanes) is 1. The zero-order valence-corrected chi connectivity index (χ0v) is 10.7. The topological polar surface area (TPSA) is 46.9 Å². The highest BCUT2D eigenvalue weighted by Gasteiger charge is 2.39. The summed E-state index contributed by atoms with van der Waals surface area (Å²) >= 11 is 5.56. The van der Waals surface area contributed by atoms with Crippen LogP contribution in [0.25, 0.3) is 0 Å². The van der Waals surface area contributed by atoms with E-state index in [4.69, 9.17) is 11.6 Å². The van der Waals surface area contributed by atoms with Crippen molar-refractivity contribution >= 4 is 17.5 Å². The molecule has 102 valence electrons. The van der Waals surface area contributed by atoms with Gasteiger partial charge in [0.25, 0.3) is 5.91 Å². The summed E-state index contributed by atoms with van der Waals surface area (Å²) < 4.78 is 38.4. The van der Waals surface area contributed by atoms with Crippen molar-refractivity contribution in [3.8, 4) is 0 Å². The minimum Gasteiger partial charge on any atom is -0.351 e. The van der Waals surface area contributed by atoms with E-state index in [-0.39, 0.29) is 5.69 Å². The van der Waals surface area contributed by atoms with Gasteiger partial charge in [-0.1, -0.05) is 24.9 Å². The van der Waals surface area contributed by atoms with Crippen LogP contribution in [0.15, 0.2) is 0 Å². The molecule has 1 N–H and O–H groups in total. The van der Waals surface area contributed by atoms with E-state index in [0.717, 1.165) is 17.5 Å². The number of halogens is 4. The zero-order valence-electron chi connectivity index (χ0n) is 9.94. The maximum Gasteiger partial charge on any atom is 0.436 e. The Labute approximate surface area is 107 Å². The number of hydrogen-bond acceptors (Lipinski definition) is 2. The summed E-state index contributed by atoms with van der Waals surface area (Å²) in [5.74, 6) is -0.654. The summed E-state index contributed by atoms with van der Waals surface area (Å²) in [7, 11) is 1.25. The maximum atomic E-state index is 12.5. The van der Waals surface area contributed by atoms with Crippen molar-refractivity contribution in [1.29, 1.82) is 0 Å². The third-order valence-electron chi connectivity index (χ3n) is 2.29. The number of aromatic nitrogens is 2. The van der Waals surface area contributed by atoms with Crippen LogP contribution in [0, 0.1) is 0 Å². The Hall–Kier alpha value is -1.24. The largest absolute Gasteiger partial charge is 0.436 e. The first-order chi connectivity index (χ1) is 8.29. The first kappa shape index (κ1) is 14.8. The van der Waals surface area contributed by atoms with Crippen LogP contribution < -0.4 is 5.32 Å². The van der Waals surface area contributed by atoms with Crippen molar-refractivity contribution in [1.82, 2.24) is 15.1 Å². The van der Waals surface area contributed by atoms with E-state index in [1.807, 2.05) is 6.92 Å². The Morgan fingerprint density at radius 3 is 2.56 bits per heavy atom. The second-order valence-corrected chi connectivity index (χ2v) is 4.12. The highest BCUT2D eigenvalue weighted by molar-refractivity contribution is 6.34. The summed E-state index contributed by atoms with van der Waals surface area (Å²) in [5.41, 5.74) is -1.52. The maximum absolute atomic E-state index is 12.5. The zero-order chi connectivity index (χ0) is 13.9. The van der Waals surface area contributed by atoms with Gasteiger partial charge in [0.1, 0.15) is 10.7 Å². The Morgan fingerprint density at radius 2 is 2.11 bits per heavy atom. The van der Waals surface area contributed by atoms with Crippen molar-refractivity contribution < 1.29 is 18.0 Å². The van der Waals surface area contributed by atoms with Crippen molar-refractivity contribution in [3.05, 3.63) is 16.4 Å². The van der Waals surface area contributed by atoms with Crippen molar-refractivity contribution in [2.75, 3.05) is 6.54 Å². The molecule has 1 aromatic heterocycles. The minimum atomic E-state index is -4.67. The number of amides is 1. The van der Waals surface area contributed by atoms with E-state index < -0.39 is 22.8 Å². The summed E-state index contributed by atoms with van der Waals surface area (Å²) in [6, 6.07) is 0. The van der Waals surface area contributed by atoms with E-state index in [9.17, 15) is 18.0 Å². The van der Waals surface area contributed by atoms with Crippen LogP contribution in [0.3, 0.4) is 0 Å². The Morgan fingerprint density at radius 1 is 1.50 bits per heavy atom. The molecular formula is C10H13ClF3N3O. The fraction of sp³-hybridized carbons (Fsp3) is 0.600. The average molecular weight is 284 g/mol. The standard InChI is InChI=1S/C10H13ClF3N3O/c1-3-4-5-15-9(18)7-6(11)8(10(12,13)14)16-17(7)2/h3-5H2,1-2H3,(H,15,18). The van der Waals surface area contributed by atoms with Crippen LogP contribution in [-0.4, -0.2) is 22.2 Å². The Bertz CT molecular complexity index is 442. The molecule has 8 heteroatoms. The molecule has 0 aliphatic carbocycles. The third-order valence-corrected chi connectivity index (χ3v) is 2.65. The molecule has 0 aliphatic heterocycles. The molecule has 0 fully saturated rings. The summed E-state index contributed by atoms with van der Waals surface area (Å²) in [6.07, 6.45) is -3.06. The number of nitrogens with zero attached hydrogens (tertiary/aromatic N) is 2. The van der Waals surface area contributed by atoms with Crippen molar-refractivity contribution in [3.63, 3.8) is 0 Å². The van der Waals surface area contributed by atoms with Gasteiger partial charge in [-0.15, -0.1) is 0 Å². The molecule has 0 unspecified atom stereocenters. The van der Waals surface area contributed by atoms with Gasteiger partial charge in [-0.2, -0.15) is 18.3 Å². The first-order valence-electron chi connectivity index (χ1n) is 5.37. The molecule has 1 aromatic rings. The lowest BCUT2D eigenvalue weighted by molar-refractivity contribution is -0.141. The van der Waals surface area contributed by atoms with Gasteiger partial charge in [0.05, 0.1) is 0 Å². The molecule has 0 saturated heterocycles. The molecule has 18 heavy (non-hydrogen) atoms. The highest BCUT2D eigenvalue weighted by atomic mass is 35.5. The molecule has 0 radical (unpaired) electrons. The van der Waals surface area contributed by atoms with Gasteiger partial charge in [0.15, 0.2) is 5.69 Å². The molecule has 4 nitrogen and oxygen atoms in total. The molecule has 0 atom stereocenters. The predicted octanol–water partition coefficient (Wildman–Crippen LogP) is 2.62. The van der Waals surface area contributed by atoms with Crippen molar-refractivity contribution in [2.24, 2.45) is 7.05 Å². The van der Waals surface area contributed by atoms with Crippen LogP contribution in [0.2, 0.25) is 5.02 Å². The number of aryl methyl sites for hydroxylation is 1. The molecule has 0 aromatic carbocycles. The van der Waals surface area contributed by atoms with Gasteiger partial charge < -0.3 is 5.32 Å². The monoisotopic (exact) mass is 283 g/mol. The van der Waals surface area contributed by atoms with E-state index in [1.54, 1.807) is 0 Å². The van der Waals surface area contributed by atoms with Gasteiger partial charge in [0, 0.05) is 13.6 Å². The number of carbonyl (C=O) groups excluding carboxylic acids is 1. The Balaban J connectivity index is 2.96. The summed E-state index contributed by atoms with van der Waals surface area (Å²) in [6.45, 7) is 2.32. The van der Waals surface area contributed by atoms with Gasteiger partial charge in [-0.05, 0) is 6.42 Å². The first-order valence-corrected chi connectivity index (χ1v) is 5.74. The number of alkyl halides is 3. The highest BCUT2D eigenvalue weighted by Crippen LogP contribution is 2.35. The lowest BCUT2D eigenvalue weighted by Crippen LogP contribution is -2.26. The average Bonchev–Trinajstić information content (AvgIpc) is 2.54. The molecule has 1 rings (SSSR count). The lowest BCUT2D eigenvalue weighted by Gasteiger charge is -2.04. The number of hydrogen-bond donors (Lipinski definition) is 1. The van der Waals surface area contributed by atoms with Crippen LogP contribution in [0.1, 0.15) is 35.9 Å². The van der Waals surface area contributed by atoms with E-state index in [2.05, 4.69) is 10.4 Å². The molecule has 0 spiro atoms. The second kappa shape index (κ2) is 5.60. The SMILES string of the molecule is CCCCNC(=O)c1c(Cl)c(C(F)(F)F)nn1C. The fourth-order valence-electron chi connectivity index (χ4n) is 1.39. The van der Waals surface area contributed by atoms with Gasteiger partial charge >= 0.3 is 6.18 Å². The van der Waals surface area contributed by atoms with E-state index in [1.165, 1.54) is 7.05 Å². The molecule has 1 heterocycles. The normalized spacial score (nSPS) is 11.7. The molecular weight excluding hydrogens is 271 g/mol. The van der Waals surface area contributed by atoms with Gasteiger partial charge in [0.2, 0.25) is 0 Å². The summed E-state index contributed by atoms with van der Waals surface area (Å²) in [5, 5.41) is 5.06. The minimum absolute atomic E-state index is 0.278. The summed E-state index contributed by atoms with van der Waals surface area (Å²) in [4.78, 5) is 11.7. The molecule has 1 amide bonds. The fourth-order valence-corrected chi connectivity index (χ4v) is 1.74. The second-order valence-electron chi connectivity index (χ2n) is 3.74. The van der Waals surface area contributed by atoms with Gasteiger partial charge in [-0.25, -0.2) is 0 Å². The lowest BCUT2D eigenvalue weighted by atomic mass is 10.3. The quantitative estimate of drug-likeness (QED) is 0.864. The van der Waals surface area contributed by atoms with Gasteiger partial charge in [-0.3, -0.25) is 9.48 Å². The van der Waals surface area contributed by atoms with Crippen LogP contribution in [0.4, 0.5) is 13.2 Å². The molecule has 0 aliphatic rings. The van der Waals surface area contributed by atoms with Crippen LogP contribution >= 0.6 is 11.6 Å².